The van der Waals surface area contributed by atoms with E-state index in [9.17, 15) is 14.4 Å². The van der Waals surface area contributed by atoms with E-state index in [-0.39, 0.29) is 30.8 Å². The first-order chi connectivity index (χ1) is 18.9. The lowest BCUT2D eigenvalue weighted by Gasteiger charge is -2.25. The molecule has 4 heterocycles. The van der Waals surface area contributed by atoms with Gasteiger partial charge in [-0.05, 0) is 75.5 Å². The number of nitrogens with one attached hydrogen (secondary N) is 1. The maximum absolute atomic E-state index is 13.3. The third-order valence-corrected chi connectivity index (χ3v) is 7.41. The van der Waals surface area contributed by atoms with Gasteiger partial charge in [0.15, 0.2) is 0 Å². The quantitative estimate of drug-likeness (QED) is 0.399. The monoisotopic (exact) mass is 529 g/mol. The van der Waals surface area contributed by atoms with Gasteiger partial charge in [-0.25, -0.2) is 4.98 Å². The topological polar surface area (TPSA) is 105 Å². The van der Waals surface area contributed by atoms with Crippen LogP contribution < -0.4 is 10.1 Å². The van der Waals surface area contributed by atoms with Crippen molar-refractivity contribution >= 4 is 29.1 Å². The van der Waals surface area contributed by atoms with Gasteiger partial charge in [-0.3, -0.25) is 19.5 Å². The highest BCUT2D eigenvalue weighted by atomic mass is 16.5. The molecule has 0 aliphatic carbocycles. The number of carbonyl (C=O) groups is 3. The average Bonchev–Trinajstić information content (AvgIpc) is 3.56. The van der Waals surface area contributed by atoms with E-state index in [0.29, 0.717) is 17.9 Å². The molecule has 9 heteroatoms. The second-order valence-electron chi connectivity index (χ2n) is 10.5. The lowest BCUT2D eigenvalue weighted by molar-refractivity contribution is -0.125. The van der Waals surface area contributed by atoms with Crippen molar-refractivity contribution in [2.45, 2.75) is 64.8 Å². The minimum atomic E-state index is -0.698. The fourth-order valence-corrected chi connectivity index (χ4v) is 5.54. The summed E-state index contributed by atoms with van der Waals surface area (Å²) in [5.41, 5.74) is 5.75. The van der Waals surface area contributed by atoms with Crippen LogP contribution >= 0.6 is 0 Å². The Balaban J connectivity index is 1.54. The minimum Gasteiger partial charge on any atom is -0.489 e. The Kier molecular flexibility index (Phi) is 7.88. The molecule has 1 aromatic carbocycles. The summed E-state index contributed by atoms with van der Waals surface area (Å²) in [6.07, 6.45) is 5.44. The van der Waals surface area contributed by atoms with Gasteiger partial charge in [-0.15, -0.1) is 0 Å². The van der Waals surface area contributed by atoms with Gasteiger partial charge in [-0.2, -0.15) is 0 Å². The van der Waals surface area contributed by atoms with Gasteiger partial charge in [0.1, 0.15) is 23.6 Å². The van der Waals surface area contributed by atoms with Crippen LogP contribution in [0, 0.1) is 0 Å². The van der Waals surface area contributed by atoms with Crippen LogP contribution in [0.5, 0.6) is 5.75 Å². The van der Waals surface area contributed by atoms with Crippen molar-refractivity contribution in [3.05, 3.63) is 53.2 Å². The third-order valence-electron chi connectivity index (χ3n) is 7.41. The van der Waals surface area contributed by atoms with Crippen molar-refractivity contribution in [3.8, 4) is 17.0 Å². The lowest BCUT2D eigenvalue weighted by Crippen LogP contribution is -2.46. The highest BCUT2D eigenvalue weighted by Gasteiger charge is 2.36. The number of pyridine rings is 2. The smallest absolute Gasteiger partial charge is 0.255 e. The van der Waals surface area contributed by atoms with Crippen molar-refractivity contribution in [2.24, 2.45) is 0 Å². The fraction of sp³-hybridized carbons (Fsp3) is 0.433. The van der Waals surface area contributed by atoms with Crippen molar-refractivity contribution < 1.29 is 19.1 Å². The molecule has 2 aromatic heterocycles. The molecule has 0 bridgehead atoms. The SMILES string of the molecule is CNC(=O)C(CCC=O)N1Cc2cc(-c3cc(CN4CCCC4)c4nccc(OC(C)C)c4n3)ccc2C1=O. The molecule has 1 atom stereocenters. The average molecular weight is 530 g/mol. The van der Waals surface area contributed by atoms with Gasteiger partial charge in [0, 0.05) is 49.9 Å². The number of aldehydes is 1. The van der Waals surface area contributed by atoms with Gasteiger partial charge in [0.2, 0.25) is 5.91 Å². The van der Waals surface area contributed by atoms with E-state index >= 15 is 0 Å². The largest absolute Gasteiger partial charge is 0.489 e. The lowest BCUT2D eigenvalue weighted by atomic mass is 10.0. The molecule has 9 nitrogen and oxygen atoms in total. The van der Waals surface area contributed by atoms with Gasteiger partial charge < -0.3 is 19.7 Å². The van der Waals surface area contributed by atoms with Crippen LogP contribution in [-0.2, 0) is 22.7 Å². The molecule has 3 aromatic rings. The first-order valence-corrected chi connectivity index (χ1v) is 13.7. The fourth-order valence-electron chi connectivity index (χ4n) is 5.54. The van der Waals surface area contributed by atoms with E-state index < -0.39 is 6.04 Å². The molecule has 204 valence electrons. The normalized spacial score (nSPS) is 16.1. The maximum atomic E-state index is 13.3. The zero-order valence-electron chi connectivity index (χ0n) is 22.8. The van der Waals surface area contributed by atoms with E-state index in [0.717, 1.165) is 59.3 Å². The molecule has 0 radical (unpaired) electrons. The van der Waals surface area contributed by atoms with E-state index in [1.54, 1.807) is 18.1 Å². The van der Waals surface area contributed by atoms with Crippen LogP contribution in [-0.4, -0.2) is 70.2 Å². The molecular formula is C30H35N5O4. The van der Waals surface area contributed by atoms with Crippen LogP contribution in [0.15, 0.2) is 36.5 Å². The predicted molar refractivity (Wildman–Crippen MR) is 148 cm³/mol. The summed E-state index contributed by atoms with van der Waals surface area (Å²) in [7, 11) is 1.54. The summed E-state index contributed by atoms with van der Waals surface area (Å²) in [5.74, 6) is 0.228. The molecule has 2 aliphatic heterocycles. The summed E-state index contributed by atoms with van der Waals surface area (Å²) in [6.45, 7) is 7.20. The van der Waals surface area contributed by atoms with Crippen molar-refractivity contribution in [3.63, 3.8) is 0 Å². The van der Waals surface area contributed by atoms with Gasteiger partial charge in [0.25, 0.3) is 5.91 Å². The van der Waals surface area contributed by atoms with E-state index in [2.05, 4.69) is 21.3 Å². The second-order valence-corrected chi connectivity index (χ2v) is 10.5. The zero-order chi connectivity index (χ0) is 27.5. The number of carbonyl (C=O) groups excluding carboxylic acids is 3. The number of aromatic nitrogens is 2. The van der Waals surface area contributed by atoms with Crippen LogP contribution in [0.25, 0.3) is 22.3 Å². The molecule has 2 aliphatic rings. The number of hydrogen-bond acceptors (Lipinski definition) is 7. The molecular weight excluding hydrogens is 494 g/mol. The summed E-state index contributed by atoms with van der Waals surface area (Å²) in [4.78, 5) is 50.5. The molecule has 0 spiro atoms. The number of fused-ring (bicyclic) bond motifs is 2. The third kappa shape index (κ3) is 5.49. The van der Waals surface area contributed by atoms with Gasteiger partial charge >= 0.3 is 0 Å². The molecule has 1 saturated heterocycles. The van der Waals surface area contributed by atoms with Gasteiger partial charge in [0.05, 0.1) is 17.3 Å². The number of likely N-dealkylation sites (N-methyl/N-ethyl adjacent to an activating group) is 1. The van der Waals surface area contributed by atoms with Crippen LogP contribution in [0.2, 0.25) is 0 Å². The number of nitrogens with zero attached hydrogens (tertiary/aromatic N) is 4. The standard InChI is InChI=1S/C30H35N5O4/c1-19(2)39-26-10-11-32-27-22(17-34-12-4-5-13-34)16-24(33-28(26)27)20-8-9-23-21(15-20)18-35(30(23)38)25(7-6-14-36)29(37)31-3/h8-11,14-16,19,25H,4-7,12-13,17-18H2,1-3H3,(H,31,37). The van der Waals surface area contributed by atoms with Crippen LogP contribution in [0.1, 0.15) is 61.0 Å². The minimum absolute atomic E-state index is 0.00689. The number of hydrogen-bond donors (Lipinski definition) is 1. The second kappa shape index (κ2) is 11.5. The first-order valence-electron chi connectivity index (χ1n) is 13.7. The Morgan fingerprint density at radius 3 is 2.67 bits per heavy atom. The number of likely N-dealkylation sites (tertiary alicyclic amines) is 1. The highest BCUT2D eigenvalue weighted by Crippen LogP contribution is 2.34. The Hall–Kier alpha value is -3.85. The van der Waals surface area contributed by atoms with E-state index in [1.165, 1.54) is 12.8 Å². The van der Waals surface area contributed by atoms with Crippen molar-refractivity contribution in [1.29, 1.82) is 0 Å². The number of ether oxygens (including phenoxy) is 1. The molecule has 0 saturated carbocycles. The Morgan fingerprint density at radius 1 is 1.15 bits per heavy atom. The van der Waals surface area contributed by atoms with Crippen molar-refractivity contribution in [1.82, 2.24) is 25.1 Å². The summed E-state index contributed by atoms with van der Waals surface area (Å²) >= 11 is 0. The van der Waals surface area contributed by atoms with Crippen LogP contribution in [0.4, 0.5) is 0 Å². The zero-order valence-corrected chi connectivity index (χ0v) is 22.8. The molecule has 39 heavy (non-hydrogen) atoms. The van der Waals surface area contributed by atoms with Gasteiger partial charge in [-0.1, -0.05) is 6.07 Å². The number of amides is 2. The Morgan fingerprint density at radius 2 is 1.95 bits per heavy atom. The molecule has 1 fully saturated rings. The van der Waals surface area contributed by atoms with Crippen molar-refractivity contribution in [2.75, 3.05) is 20.1 Å². The Bertz CT molecular complexity index is 1400. The summed E-state index contributed by atoms with van der Waals surface area (Å²) < 4.78 is 6.11. The maximum Gasteiger partial charge on any atom is 0.255 e. The molecule has 1 unspecified atom stereocenters. The predicted octanol–water partition coefficient (Wildman–Crippen LogP) is 3.73. The summed E-state index contributed by atoms with van der Waals surface area (Å²) in [6, 6.07) is 8.97. The number of rotatable bonds is 10. The molecule has 5 rings (SSSR count). The highest BCUT2D eigenvalue weighted by molar-refractivity contribution is 6.01. The number of benzene rings is 1. The summed E-state index contributed by atoms with van der Waals surface area (Å²) in [5, 5.41) is 2.63. The molecule has 1 N–H and O–H groups in total. The first kappa shape index (κ1) is 26.7. The molecule has 2 amide bonds. The van der Waals surface area contributed by atoms with E-state index in [1.807, 2.05) is 38.1 Å². The van der Waals surface area contributed by atoms with E-state index in [4.69, 9.17) is 9.72 Å². The van der Waals surface area contributed by atoms with Crippen LogP contribution in [0.3, 0.4) is 0 Å². The Labute approximate surface area is 228 Å².